The maximum Gasteiger partial charge on any atom is 0.136 e. The maximum absolute atomic E-state index is 2.55. The Morgan fingerprint density at radius 1 is 0.267 bits per heavy atom. The van der Waals surface area contributed by atoms with Gasteiger partial charge in [0.15, 0.2) is 0 Å². The molecule has 1 aliphatic rings. The molecule has 5 rings (SSSR count). The van der Waals surface area contributed by atoms with Crippen LogP contribution < -0.4 is 21.2 Å². The second kappa shape index (κ2) is 8.16. The molecule has 0 unspecified atom stereocenters. The molecule has 0 saturated heterocycles. The normalized spacial score (nSPS) is 16.3. The lowest BCUT2D eigenvalue weighted by Gasteiger charge is -2.27. The Morgan fingerprint density at radius 2 is 0.467 bits per heavy atom. The van der Waals surface area contributed by atoms with Gasteiger partial charge in [-0.1, -0.05) is 72.8 Å². The summed E-state index contributed by atoms with van der Waals surface area (Å²) in [7, 11) is -3.50. The molecule has 0 radical (unpaired) electrons. The van der Waals surface area contributed by atoms with Gasteiger partial charge in [-0.2, -0.15) is 0 Å². The first-order valence-electron chi connectivity index (χ1n) is 10.2. The van der Waals surface area contributed by atoms with Gasteiger partial charge in [-0.3, -0.25) is 0 Å². The highest BCUT2D eigenvalue weighted by molar-refractivity contribution is 8.00. The molecule has 1 heterocycles. The van der Waals surface area contributed by atoms with Crippen LogP contribution in [0.3, 0.4) is 0 Å². The summed E-state index contributed by atoms with van der Waals surface area (Å²) in [6, 6.07) is 44.0. The van der Waals surface area contributed by atoms with Gasteiger partial charge in [0.25, 0.3) is 0 Å². The van der Waals surface area contributed by atoms with E-state index in [9.17, 15) is 0 Å². The van der Waals surface area contributed by atoms with Gasteiger partial charge in [-0.25, -0.2) is 0 Å². The minimum atomic E-state index is -1.75. The van der Waals surface area contributed by atoms with Gasteiger partial charge in [-0.15, -0.1) is 0 Å². The summed E-state index contributed by atoms with van der Waals surface area (Å²) in [6.07, 6.45) is 0. The lowest BCUT2D eigenvalue weighted by molar-refractivity contribution is 1.73. The summed E-state index contributed by atoms with van der Waals surface area (Å²) in [6.45, 7) is 0. The average Bonchev–Trinajstić information content (AvgIpc) is 2.86. The van der Waals surface area contributed by atoms with Crippen molar-refractivity contribution in [1.82, 2.24) is 0 Å². The number of hydrogen-bond donors (Lipinski definition) is 0. The summed E-state index contributed by atoms with van der Waals surface area (Å²) < 4.78 is 0. The molecule has 0 amide bonds. The SMILES string of the molecule is C1=C[P+](c2ccccc2)(c2ccccc2)C=C[P+]1(c1ccccc1)c1ccccc1. The van der Waals surface area contributed by atoms with Crippen molar-refractivity contribution in [2.45, 2.75) is 0 Å². The van der Waals surface area contributed by atoms with Crippen LogP contribution in [-0.4, -0.2) is 0 Å². The Kier molecular flexibility index (Phi) is 5.22. The monoisotopic (exact) mass is 422 g/mol. The van der Waals surface area contributed by atoms with E-state index >= 15 is 0 Å². The molecule has 0 atom stereocenters. The van der Waals surface area contributed by atoms with E-state index in [1.54, 1.807) is 0 Å². The first-order chi connectivity index (χ1) is 14.8. The van der Waals surface area contributed by atoms with Gasteiger partial charge >= 0.3 is 0 Å². The third-order valence-electron chi connectivity index (χ3n) is 5.81. The van der Waals surface area contributed by atoms with Gasteiger partial charge < -0.3 is 0 Å². The molecule has 4 aromatic rings. The Bertz CT molecular complexity index is 973. The van der Waals surface area contributed by atoms with Crippen LogP contribution in [0.25, 0.3) is 0 Å². The molecule has 0 aliphatic carbocycles. The van der Waals surface area contributed by atoms with E-state index in [-0.39, 0.29) is 0 Å². The molecule has 0 nitrogen and oxygen atoms in total. The van der Waals surface area contributed by atoms with Crippen LogP contribution in [-0.2, 0) is 0 Å². The standard InChI is InChI=1S/C28H24P2/c1-5-13-25(14-6-1)29(26-15-7-2-8-16-26)21-23-30(24-22-29,27-17-9-3-10-18-27)28-19-11-4-12-20-28/h1-24H/q+2. The molecule has 0 N–H and O–H groups in total. The first-order valence-corrected chi connectivity index (χ1v) is 14.1. The Morgan fingerprint density at radius 3 is 0.667 bits per heavy atom. The Labute approximate surface area is 180 Å². The third-order valence-corrected chi connectivity index (χ3v) is 13.4. The van der Waals surface area contributed by atoms with E-state index in [0.717, 1.165) is 0 Å². The van der Waals surface area contributed by atoms with E-state index in [2.05, 4.69) is 145 Å². The van der Waals surface area contributed by atoms with Crippen LogP contribution >= 0.6 is 14.5 Å². The van der Waals surface area contributed by atoms with Crippen molar-refractivity contribution >= 4 is 35.7 Å². The fourth-order valence-corrected chi connectivity index (χ4v) is 12.4. The van der Waals surface area contributed by atoms with E-state index in [1.807, 2.05) is 0 Å². The molecule has 0 bridgehead atoms. The van der Waals surface area contributed by atoms with E-state index in [1.165, 1.54) is 21.2 Å². The largest absolute Gasteiger partial charge is 0.136 e. The van der Waals surface area contributed by atoms with Gasteiger partial charge in [-0.05, 0) is 48.5 Å². The summed E-state index contributed by atoms with van der Waals surface area (Å²) in [5.74, 6) is 10.2. The average molecular weight is 422 g/mol. The molecule has 2 heteroatoms. The van der Waals surface area contributed by atoms with Crippen LogP contribution in [0.2, 0.25) is 0 Å². The lowest BCUT2D eigenvalue weighted by Crippen LogP contribution is -2.24. The Balaban J connectivity index is 1.72. The highest BCUT2D eigenvalue weighted by Crippen LogP contribution is 2.71. The summed E-state index contributed by atoms with van der Waals surface area (Å²) in [5.41, 5.74) is 0. The predicted molar refractivity (Wildman–Crippen MR) is 136 cm³/mol. The highest BCUT2D eigenvalue weighted by atomic mass is 31.2. The Hall–Kier alpha value is -2.78. The number of hydrogen-bond acceptors (Lipinski definition) is 0. The van der Waals surface area contributed by atoms with E-state index in [4.69, 9.17) is 0 Å². The summed E-state index contributed by atoms with van der Waals surface area (Å²) in [5, 5.41) is 5.62. The molecule has 0 fully saturated rings. The van der Waals surface area contributed by atoms with Crippen LogP contribution in [0, 0.1) is 0 Å². The van der Waals surface area contributed by atoms with E-state index in [0.29, 0.717) is 0 Å². The molecule has 0 aromatic heterocycles. The van der Waals surface area contributed by atoms with Crippen molar-refractivity contribution in [1.29, 1.82) is 0 Å². The second-order valence-corrected chi connectivity index (χ2v) is 13.9. The van der Waals surface area contributed by atoms with Crippen molar-refractivity contribution in [2.24, 2.45) is 0 Å². The highest BCUT2D eigenvalue weighted by Gasteiger charge is 2.49. The second-order valence-electron chi connectivity index (χ2n) is 7.49. The minimum absolute atomic E-state index is 1.41. The van der Waals surface area contributed by atoms with Crippen LogP contribution in [0.5, 0.6) is 0 Å². The molecular formula is C28H24P2+2. The van der Waals surface area contributed by atoms with Gasteiger partial charge in [0.2, 0.25) is 0 Å². The molecule has 4 aromatic carbocycles. The van der Waals surface area contributed by atoms with Gasteiger partial charge in [0.1, 0.15) is 59.0 Å². The van der Waals surface area contributed by atoms with E-state index < -0.39 is 14.5 Å². The smallest absolute Gasteiger partial charge is 0.0620 e. The van der Waals surface area contributed by atoms with Crippen LogP contribution in [0.15, 0.2) is 145 Å². The lowest BCUT2D eigenvalue weighted by atomic mass is 10.4. The molecule has 1 aliphatic heterocycles. The van der Waals surface area contributed by atoms with Crippen molar-refractivity contribution in [3.8, 4) is 0 Å². The summed E-state index contributed by atoms with van der Waals surface area (Å²) in [4.78, 5) is 0. The van der Waals surface area contributed by atoms with Crippen molar-refractivity contribution < 1.29 is 0 Å². The zero-order valence-corrected chi connectivity index (χ0v) is 18.5. The van der Waals surface area contributed by atoms with Crippen LogP contribution in [0.1, 0.15) is 0 Å². The van der Waals surface area contributed by atoms with Gasteiger partial charge in [0, 0.05) is 0 Å². The minimum Gasteiger partial charge on any atom is -0.0620 e. The number of benzene rings is 4. The quantitative estimate of drug-likeness (QED) is 0.340. The van der Waals surface area contributed by atoms with Crippen molar-refractivity contribution in [3.05, 3.63) is 145 Å². The van der Waals surface area contributed by atoms with Gasteiger partial charge in [0.05, 0.1) is 0 Å². The predicted octanol–water partition coefficient (Wildman–Crippen LogP) is 6.28. The molecular weight excluding hydrogens is 398 g/mol. The van der Waals surface area contributed by atoms with Crippen molar-refractivity contribution in [3.63, 3.8) is 0 Å². The third kappa shape index (κ3) is 3.27. The zero-order valence-electron chi connectivity index (χ0n) is 16.8. The first kappa shape index (κ1) is 19.2. The fourth-order valence-electron chi connectivity index (χ4n) is 4.21. The zero-order chi connectivity index (χ0) is 20.3. The fraction of sp³-hybridized carbons (Fsp3) is 0. The molecule has 0 saturated carbocycles. The molecule has 0 spiro atoms. The maximum atomic E-state index is 2.55. The van der Waals surface area contributed by atoms with Crippen LogP contribution in [0.4, 0.5) is 0 Å². The molecule has 144 valence electrons. The van der Waals surface area contributed by atoms with Crippen molar-refractivity contribution in [2.75, 3.05) is 0 Å². The number of rotatable bonds is 4. The molecule has 30 heavy (non-hydrogen) atoms. The topological polar surface area (TPSA) is 0 Å². The summed E-state index contributed by atoms with van der Waals surface area (Å²) >= 11 is 0.